The molecule has 6 nitrogen and oxygen atoms in total. The van der Waals surface area contributed by atoms with Gasteiger partial charge >= 0.3 is 5.97 Å². The van der Waals surface area contributed by atoms with Crippen molar-refractivity contribution in [3.63, 3.8) is 0 Å². The van der Waals surface area contributed by atoms with E-state index in [2.05, 4.69) is 43.5 Å². The van der Waals surface area contributed by atoms with Gasteiger partial charge in [0.2, 0.25) is 5.91 Å². The monoisotopic (exact) mass is 984 g/mol. The molecule has 6 heteroatoms. The first-order chi connectivity index (χ1) is 34.5. The van der Waals surface area contributed by atoms with Crippen molar-refractivity contribution in [3.8, 4) is 0 Å². The first kappa shape index (κ1) is 68.1. The van der Waals surface area contributed by atoms with Crippen LogP contribution in [0.1, 0.15) is 335 Å². The molecule has 70 heavy (non-hydrogen) atoms. The van der Waals surface area contributed by atoms with E-state index in [0.717, 1.165) is 44.9 Å². The Labute approximate surface area is 436 Å². The molecule has 0 saturated carbocycles. The fourth-order valence-corrected chi connectivity index (χ4v) is 9.57. The highest BCUT2D eigenvalue weighted by Gasteiger charge is 2.18. The van der Waals surface area contributed by atoms with Gasteiger partial charge in [0.1, 0.15) is 0 Å². The van der Waals surface area contributed by atoms with E-state index in [0.29, 0.717) is 19.4 Å². The fourth-order valence-electron chi connectivity index (χ4n) is 9.57. The summed E-state index contributed by atoms with van der Waals surface area (Å²) in [6, 6.07) is -0.630. The van der Waals surface area contributed by atoms with Crippen molar-refractivity contribution in [1.29, 1.82) is 0 Å². The van der Waals surface area contributed by atoms with E-state index in [1.807, 2.05) is 6.08 Å². The Morgan fingerprint density at radius 1 is 0.386 bits per heavy atom. The maximum Gasteiger partial charge on any atom is 0.305 e. The Morgan fingerprint density at radius 2 is 0.671 bits per heavy atom. The number of amides is 1. The largest absolute Gasteiger partial charge is 0.466 e. The van der Waals surface area contributed by atoms with Crippen molar-refractivity contribution in [2.75, 3.05) is 13.2 Å². The average molecular weight is 985 g/mol. The predicted octanol–water partition coefficient (Wildman–Crippen LogP) is 19.6. The molecule has 2 unspecified atom stereocenters. The number of carbonyl (C=O) groups excluding carboxylic acids is 2. The molecule has 0 aliphatic heterocycles. The Morgan fingerprint density at radius 3 is 1.01 bits per heavy atom. The molecule has 0 rings (SSSR count). The number of hydrogen-bond donors (Lipinski definition) is 3. The molecule has 412 valence electrons. The minimum absolute atomic E-state index is 0.00439. The highest BCUT2D eigenvalue weighted by Crippen LogP contribution is 2.17. The Kier molecular flexibility index (Phi) is 58.0. The third-order valence-corrected chi connectivity index (χ3v) is 14.4. The quantitative estimate of drug-likeness (QED) is 0.0321. The molecule has 0 heterocycles. The molecule has 1 amide bonds. The lowest BCUT2D eigenvalue weighted by Crippen LogP contribution is -2.45. The molecular weight excluding hydrogens is 863 g/mol. The third-order valence-electron chi connectivity index (χ3n) is 14.4. The van der Waals surface area contributed by atoms with Crippen molar-refractivity contribution >= 4 is 11.9 Å². The summed E-state index contributed by atoms with van der Waals surface area (Å²) in [7, 11) is 0. The van der Waals surface area contributed by atoms with Crippen LogP contribution < -0.4 is 5.32 Å². The van der Waals surface area contributed by atoms with Crippen molar-refractivity contribution in [2.45, 2.75) is 347 Å². The second-order valence-corrected chi connectivity index (χ2v) is 21.4. The van der Waals surface area contributed by atoms with Crippen LogP contribution in [-0.2, 0) is 14.3 Å². The molecule has 0 aromatic carbocycles. The van der Waals surface area contributed by atoms with E-state index in [-0.39, 0.29) is 18.5 Å². The van der Waals surface area contributed by atoms with Crippen molar-refractivity contribution < 1.29 is 24.5 Å². The standard InChI is InChI=1S/C64H121NO5/c1-3-5-7-9-11-13-15-17-32-36-40-44-48-52-56-62(67)61(60-66)65-63(68)57-53-49-45-41-37-33-30-28-26-24-22-20-19-21-23-25-27-29-31-35-39-43-47-51-55-59-70-64(69)58-54-50-46-42-38-34-18-16-14-12-10-8-6-4-2/h16,18,20,22,52,56,61-62,66-67H,3-15,17,19,21,23-51,53-55,57-60H2,1-2H3,(H,65,68)/b18-16-,22-20-,56-52+. The van der Waals surface area contributed by atoms with Crippen molar-refractivity contribution in [1.82, 2.24) is 5.32 Å². The molecule has 0 saturated heterocycles. The van der Waals surface area contributed by atoms with Crippen molar-refractivity contribution in [2.24, 2.45) is 0 Å². The minimum atomic E-state index is -0.846. The zero-order valence-electron chi connectivity index (χ0n) is 47.0. The number of carbonyl (C=O) groups is 2. The smallest absolute Gasteiger partial charge is 0.305 e. The third kappa shape index (κ3) is 55.4. The summed E-state index contributed by atoms with van der Waals surface area (Å²) in [6.07, 6.45) is 74.7. The molecular formula is C64H121NO5. The van der Waals surface area contributed by atoms with E-state index < -0.39 is 12.1 Å². The second-order valence-electron chi connectivity index (χ2n) is 21.4. The molecule has 0 fully saturated rings. The Hall–Kier alpha value is -1.92. The van der Waals surface area contributed by atoms with Gasteiger partial charge in [0.05, 0.1) is 25.4 Å². The lowest BCUT2D eigenvalue weighted by molar-refractivity contribution is -0.143. The molecule has 0 radical (unpaired) electrons. The molecule has 0 aromatic rings. The van der Waals surface area contributed by atoms with Crippen LogP contribution in [0.15, 0.2) is 36.5 Å². The number of aliphatic hydroxyl groups excluding tert-OH is 2. The maximum absolute atomic E-state index is 12.5. The van der Waals surface area contributed by atoms with Crippen LogP contribution in [0.3, 0.4) is 0 Å². The predicted molar refractivity (Wildman–Crippen MR) is 306 cm³/mol. The van der Waals surface area contributed by atoms with Crippen LogP contribution in [0.5, 0.6) is 0 Å². The normalized spacial score (nSPS) is 12.8. The van der Waals surface area contributed by atoms with Gasteiger partial charge in [-0.2, -0.15) is 0 Å². The topological polar surface area (TPSA) is 95.9 Å². The van der Waals surface area contributed by atoms with E-state index in [9.17, 15) is 19.8 Å². The lowest BCUT2D eigenvalue weighted by Gasteiger charge is -2.20. The van der Waals surface area contributed by atoms with Gasteiger partial charge in [-0.3, -0.25) is 9.59 Å². The Balaban J connectivity index is 3.41. The van der Waals surface area contributed by atoms with Gasteiger partial charge in [-0.15, -0.1) is 0 Å². The summed E-state index contributed by atoms with van der Waals surface area (Å²) >= 11 is 0. The first-order valence-electron chi connectivity index (χ1n) is 31.3. The second kappa shape index (κ2) is 59.6. The summed E-state index contributed by atoms with van der Waals surface area (Å²) in [4.78, 5) is 24.5. The Bertz CT molecular complexity index is 1130. The minimum Gasteiger partial charge on any atom is -0.466 e. The number of hydrogen-bond acceptors (Lipinski definition) is 5. The fraction of sp³-hybridized carbons (Fsp3) is 0.875. The molecule has 0 aliphatic rings. The van der Waals surface area contributed by atoms with Crippen LogP contribution in [-0.4, -0.2) is 47.4 Å². The molecule has 0 spiro atoms. The SMILES string of the molecule is CCCCCCC/C=C\CCCCCCCC(=O)OCCCCCCCCCCCCCC/C=C\CCCCCCCCCCCC(=O)NC(CO)C(O)/C=C/CCCCCCCCCCCCCC. The zero-order chi connectivity index (χ0) is 50.7. The van der Waals surface area contributed by atoms with Crippen LogP contribution in [0.2, 0.25) is 0 Å². The van der Waals surface area contributed by atoms with Crippen LogP contribution in [0.25, 0.3) is 0 Å². The first-order valence-corrected chi connectivity index (χ1v) is 31.3. The summed E-state index contributed by atoms with van der Waals surface area (Å²) in [5.41, 5.74) is 0. The van der Waals surface area contributed by atoms with E-state index >= 15 is 0 Å². The molecule has 0 bridgehead atoms. The van der Waals surface area contributed by atoms with Crippen LogP contribution >= 0.6 is 0 Å². The van der Waals surface area contributed by atoms with E-state index in [1.54, 1.807) is 6.08 Å². The number of ether oxygens (including phenoxy) is 1. The number of allylic oxidation sites excluding steroid dienone is 5. The van der Waals surface area contributed by atoms with Gasteiger partial charge in [-0.25, -0.2) is 0 Å². The van der Waals surface area contributed by atoms with Crippen LogP contribution in [0.4, 0.5) is 0 Å². The lowest BCUT2D eigenvalue weighted by atomic mass is 10.0. The number of unbranched alkanes of at least 4 members (excludes halogenated alkanes) is 43. The zero-order valence-corrected chi connectivity index (χ0v) is 47.0. The van der Waals surface area contributed by atoms with Gasteiger partial charge in [-0.1, -0.05) is 275 Å². The number of rotatable bonds is 58. The highest BCUT2D eigenvalue weighted by molar-refractivity contribution is 5.76. The summed E-state index contributed by atoms with van der Waals surface area (Å²) < 4.78 is 5.48. The summed E-state index contributed by atoms with van der Waals surface area (Å²) in [5.74, 6) is -0.0660. The molecule has 0 aliphatic carbocycles. The number of aliphatic hydroxyl groups is 2. The van der Waals surface area contributed by atoms with Gasteiger partial charge in [0.15, 0.2) is 0 Å². The summed E-state index contributed by atoms with van der Waals surface area (Å²) in [5, 5.41) is 23.1. The highest BCUT2D eigenvalue weighted by atomic mass is 16.5. The van der Waals surface area contributed by atoms with Crippen LogP contribution in [0, 0.1) is 0 Å². The van der Waals surface area contributed by atoms with Gasteiger partial charge in [0, 0.05) is 12.8 Å². The van der Waals surface area contributed by atoms with Gasteiger partial charge in [0.25, 0.3) is 0 Å². The summed E-state index contributed by atoms with van der Waals surface area (Å²) in [6.45, 7) is 4.90. The van der Waals surface area contributed by atoms with Gasteiger partial charge < -0.3 is 20.3 Å². The number of esters is 1. The molecule has 3 N–H and O–H groups in total. The molecule has 0 aromatic heterocycles. The molecule has 2 atom stereocenters. The van der Waals surface area contributed by atoms with Gasteiger partial charge in [-0.05, 0) is 83.5 Å². The number of nitrogens with one attached hydrogen (secondary N) is 1. The van der Waals surface area contributed by atoms with E-state index in [1.165, 1.54) is 263 Å². The maximum atomic E-state index is 12.5. The van der Waals surface area contributed by atoms with Crippen molar-refractivity contribution in [3.05, 3.63) is 36.5 Å². The van der Waals surface area contributed by atoms with E-state index in [4.69, 9.17) is 4.74 Å². The average Bonchev–Trinajstić information content (AvgIpc) is 3.36.